The summed E-state index contributed by atoms with van der Waals surface area (Å²) >= 11 is 1.69. The summed E-state index contributed by atoms with van der Waals surface area (Å²) in [7, 11) is 0. The van der Waals surface area contributed by atoms with Gasteiger partial charge in [0.25, 0.3) is 5.91 Å². The van der Waals surface area contributed by atoms with Crippen LogP contribution in [-0.4, -0.2) is 12.7 Å². The Morgan fingerprint density at radius 2 is 2.11 bits per heavy atom. The molecule has 1 aliphatic rings. The summed E-state index contributed by atoms with van der Waals surface area (Å²) in [4.78, 5) is 14.4. The van der Waals surface area contributed by atoms with Crippen molar-refractivity contribution in [3.05, 3.63) is 45.6 Å². The van der Waals surface area contributed by atoms with Crippen LogP contribution in [-0.2, 0) is 6.54 Å². The fraction of sp³-hybridized carbons (Fsp3) is 0.214. The number of fused-ring (bicyclic) bond motifs is 1. The van der Waals surface area contributed by atoms with Gasteiger partial charge >= 0.3 is 0 Å². The highest BCUT2D eigenvalue weighted by Gasteiger charge is 2.16. The van der Waals surface area contributed by atoms with Crippen LogP contribution in [0.1, 0.15) is 20.1 Å². The van der Waals surface area contributed by atoms with E-state index < -0.39 is 0 Å². The van der Waals surface area contributed by atoms with Crippen LogP contribution in [0, 0.1) is 6.92 Å². The van der Waals surface area contributed by atoms with Gasteiger partial charge in [-0.25, -0.2) is 0 Å². The molecular formula is C14H13NO3S. The minimum Gasteiger partial charge on any atom is -0.454 e. The van der Waals surface area contributed by atoms with E-state index in [0.29, 0.717) is 23.6 Å². The number of ether oxygens (including phenoxy) is 2. The Labute approximate surface area is 115 Å². The Hall–Kier alpha value is -2.01. The molecule has 2 aromatic rings. The molecule has 19 heavy (non-hydrogen) atoms. The van der Waals surface area contributed by atoms with E-state index >= 15 is 0 Å². The molecule has 1 aromatic carbocycles. The molecule has 3 rings (SSSR count). The number of hydrogen-bond donors (Lipinski definition) is 1. The highest BCUT2D eigenvalue weighted by molar-refractivity contribution is 7.11. The van der Waals surface area contributed by atoms with E-state index in [1.165, 1.54) is 4.88 Å². The second-order valence-corrected chi connectivity index (χ2v) is 5.64. The van der Waals surface area contributed by atoms with Crippen LogP contribution in [0.2, 0.25) is 0 Å². The van der Waals surface area contributed by atoms with Gasteiger partial charge in [0, 0.05) is 15.3 Å². The van der Waals surface area contributed by atoms with Crippen molar-refractivity contribution in [1.82, 2.24) is 5.32 Å². The van der Waals surface area contributed by atoms with Gasteiger partial charge in [-0.2, -0.15) is 0 Å². The van der Waals surface area contributed by atoms with Gasteiger partial charge in [-0.05, 0) is 37.3 Å². The molecule has 0 bridgehead atoms. The topological polar surface area (TPSA) is 47.6 Å². The quantitative estimate of drug-likeness (QED) is 0.937. The third-order valence-electron chi connectivity index (χ3n) is 2.85. The average Bonchev–Trinajstić information content (AvgIpc) is 3.03. The van der Waals surface area contributed by atoms with Gasteiger partial charge < -0.3 is 14.8 Å². The molecule has 1 N–H and O–H groups in total. The number of hydrogen-bond acceptors (Lipinski definition) is 4. The molecule has 1 aliphatic heterocycles. The van der Waals surface area contributed by atoms with Crippen molar-refractivity contribution in [2.45, 2.75) is 13.5 Å². The molecule has 0 radical (unpaired) electrons. The molecule has 5 heteroatoms. The predicted molar refractivity (Wildman–Crippen MR) is 72.8 cm³/mol. The molecule has 0 atom stereocenters. The van der Waals surface area contributed by atoms with Crippen LogP contribution in [0.15, 0.2) is 30.3 Å². The molecule has 0 unspecified atom stereocenters. The van der Waals surface area contributed by atoms with E-state index in [1.54, 1.807) is 29.5 Å². The molecule has 0 saturated carbocycles. The van der Waals surface area contributed by atoms with Gasteiger partial charge in [-0.3, -0.25) is 4.79 Å². The predicted octanol–water partition coefficient (Wildman–Crippen LogP) is 2.72. The van der Waals surface area contributed by atoms with Gasteiger partial charge in [0.2, 0.25) is 6.79 Å². The van der Waals surface area contributed by atoms with E-state index in [1.807, 2.05) is 19.1 Å². The number of aryl methyl sites for hydroxylation is 1. The summed E-state index contributed by atoms with van der Waals surface area (Å²) < 4.78 is 10.5. The van der Waals surface area contributed by atoms with Gasteiger partial charge in [0.05, 0.1) is 6.54 Å². The lowest BCUT2D eigenvalue weighted by atomic mass is 10.2. The largest absolute Gasteiger partial charge is 0.454 e. The van der Waals surface area contributed by atoms with E-state index in [-0.39, 0.29) is 12.7 Å². The molecule has 1 aromatic heterocycles. The molecule has 98 valence electrons. The fourth-order valence-corrected chi connectivity index (χ4v) is 2.72. The highest BCUT2D eigenvalue weighted by atomic mass is 32.1. The van der Waals surface area contributed by atoms with Gasteiger partial charge in [-0.15, -0.1) is 11.3 Å². The smallest absolute Gasteiger partial charge is 0.251 e. The van der Waals surface area contributed by atoms with Crippen molar-refractivity contribution in [3.63, 3.8) is 0 Å². The number of rotatable bonds is 3. The fourth-order valence-electron chi connectivity index (χ4n) is 1.89. The first-order valence-electron chi connectivity index (χ1n) is 5.95. The maximum Gasteiger partial charge on any atom is 0.251 e. The first-order valence-corrected chi connectivity index (χ1v) is 6.77. The number of carbonyl (C=O) groups excluding carboxylic acids is 1. The molecule has 2 heterocycles. The van der Waals surface area contributed by atoms with Gasteiger partial charge in [0.15, 0.2) is 11.5 Å². The van der Waals surface area contributed by atoms with E-state index in [9.17, 15) is 4.79 Å². The molecule has 1 amide bonds. The summed E-state index contributed by atoms with van der Waals surface area (Å²) in [5.74, 6) is 1.20. The zero-order valence-electron chi connectivity index (χ0n) is 10.4. The average molecular weight is 275 g/mol. The maximum absolute atomic E-state index is 12.0. The maximum atomic E-state index is 12.0. The number of thiophene rings is 1. The van der Waals surface area contributed by atoms with Crippen molar-refractivity contribution in [2.24, 2.45) is 0 Å². The van der Waals surface area contributed by atoms with Crippen LogP contribution in [0.5, 0.6) is 11.5 Å². The lowest BCUT2D eigenvalue weighted by molar-refractivity contribution is 0.0951. The summed E-state index contributed by atoms with van der Waals surface area (Å²) in [5, 5.41) is 2.89. The second-order valence-electron chi connectivity index (χ2n) is 4.26. The SMILES string of the molecule is Cc1ccc(CNC(=O)c2ccc3c(c2)OCO3)s1. The first-order chi connectivity index (χ1) is 9.22. The van der Waals surface area contributed by atoms with Gasteiger partial charge in [0.1, 0.15) is 0 Å². The molecular weight excluding hydrogens is 262 g/mol. The lowest BCUT2D eigenvalue weighted by Crippen LogP contribution is -2.22. The number of nitrogens with one attached hydrogen (secondary N) is 1. The third kappa shape index (κ3) is 2.56. The minimum atomic E-state index is -0.107. The summed E-state index contributed by atoms with van der Waals surface area (Å²) in [5.41, 5.74) is 0.581. The number of carbonyl (C=O) groups is 1. The monoisotopic (exact) mass is 275 g/mol. The number of benzene rings is 1. The summed E-state index contributed by atoms with van der Waals surface area (Å²) in [6.45, 7) is 2.81. The van der Waals surface area contributed by atoms with Crippen LogP contribution < -0.4 is 14.8 Å². The van der Waals surface area contributed by atoms with Crippen molar-refractivity contribution >= 4 is 17.2 Å². The molecule has 0 aliphatic carbocycles. The molecule has 0 spiro atoms. The van der Waals surface area contributed by atoms with Gasteiger partial charge in [-0.1, -0.05) is 0 Å². The Morgan fingerprint density at radius 1 is 1.26 bits per heavy atom. The third-order valence-corrected chi connectivity index (χ3v) is 3.85. The lowest BCUT2D eigenvalue weighted by Gasteiger charge is -2.04. The standard InChI is InChI=1S/C14H13NO3S/c1-9-2-4-11(19-9)7-15-14(16)10-3-5-12-13(6-10)18-8-17-12/h2-6H,7-8H2,1H3,(H,15,16). The summed E-state index contributed by atoms with van der Waals surface area (Å²) in [6.07, 6.45) is 0. The van der Waals surface area contributed by atoms with Crippen molar-refractivity contribution in [1.29, 1.82) is 0 Å². The Balaban J connectivity index is 1.67. The molecule has 0 fully saturated rings. The Kier molecular flexibility index (Phi) is 3.13. The van der Waals surface area contributed by atoms with Crippen molar-refractivity contribution in [2.75, 3.05) is 6.79 Å². The van der Waals surface area contributed by atoms with E-state index in [2.05, 4.69) is 5.32 Å². The van der Waals surface area contributed by atoms with Crippen molar-refractivity contribution < 1.29 is 14.3 Å². The van der Waals surface area contributed by atoms with Crippen LogP contribution in [0.4, 0.5) is 0 Å². The van der Waals surface area contributed by atoms with Crippen LogP contribution in [0.25, 0.3) is 0 Å². The van der Waals surface area contributed by atoms with Crippen LogP contribution >= 0.6 is 11.3 Å². The minimum absolute atomic E-state index is 0.107. The zero-order valence-corrected chi connectivity index (χ0v) is 11.3. The molecule has 0 saturated heterocycles. The normalized spacial score (nSPS) is 12.5. The van der Waals surface area contributed by atoms with E-state index in [4.69, 9.17) is 9.47 Å². The summed E-state index contributed by atoms with van der Waals surface area (Å²) in [6, 6.07) is 9.28. The van der Waals surface area contributed by atoms with Crippen molar-refractivity contribution in [3.8, 4) is 11.5 Å². The zero-order chi connectivity index (χ0) is 13.2. The number of amides is 1. The highest BCUT2D eigenvalue weighted by Crippen LogP contribution is 2.32. The molecule has 4 nitrogen and oxygen atoms in total. The Bertz CT molecular complexity index is 621. The first kappa shape index (κ1) is 12.0. The van der Waals surface area contributed by atoms with Crippen LogP contribution in [0.3, 0.4) is 0 Å². The van der Waals surface area contributed by atoms with E-state index in [0.717, 1.165) is 4.88 Å². The second kappa shape index (κ2) is 4.93. The Morgan fingerprint density at radius 3 is 2.89 bits per heavy atom.